The van der Waals surface area contributed by atoms with Crippen molar-refractivity contribution in [2.24, 2.45) is 5.92 Å². The molecule has 0 aromatic carbocycles. The van der Waals surface area contributed by atoms with Crippen molar-refractivity contribution >= 4 is 5.97 Å². The third-order valence-corrected chi connectivity index (χ3v) is 2.92. The number of alkyl halides is 3. The van der Waals surface area contributed by atoms with Gasteiger partial charge in [-0.05, 0) is 19.3 Å². The Kier molecular flexibility index (Phi) is 3.77. The molecule has 0 N–H and O–H groups in total. The molecule has 1 aromatic heterocycles. The molecule has 0 bridgehead atoms. The second kappa shape index (κ2) is 5.18. The first-order chi connectivity index (χ1) is 8.93. The van der Waals surface area contributed by atoms with Gasteiger partial charge in [0.05, 0.1) is 6.61 Å². The van der Waals surface area contributed by atoms with Crippen LogP contribution in [0.1, 0.15) is 42.4 Å². The Bertz CT molecular complexity index is 466. The Balaban J connectivity index is 2.24. The molecule has 0 unspecified atom stereocenters. The topological polar surface area (TPSA) is 57.0 Å². The average Bonchev–Trinajstić information content (AvgIpc) is 3.03. The Morgan fingerprint density at radius 3 is 2.68 bits per heavy atom. The number of nitrogens with zero attached hydrogens (tertiary/aromatic N) is 3. The third-order valence-electron chi connectivity index (χ3n) is 2.92. The molecule has 2 rings (SSSR count). The summed E-state index contributed by atoms with van der Waals surface area (Å²) in [5.74, 6) is -0.621. The van der Waals surface area contributed by atoms with E-state index in [2.05, 4.69) is 15.0 Å². The van der Waals surface area contributed by atoms with E-state index < -0.39 is 23.5 Å². The van der Waals surface area contributed by atoms with E-state index in [1.807, 2.05) is 0 Å². The predicted molar refractivity (Wildman–Crippen MR) is 58.3 cm³/mol. The van der Waals surface area contributed by atoms with Gasteiger partial charge in [-0.1, -0.05) is 18.1 Å². The second-order valence-electron chi connectivity index (χ2n) is 4.46. The highest BCUT2D eigenvalue weighted by Gasteiger charge is 2.42. The summed E-state index contributed by atoms with van der Waals surface area (Å²) in [5, 5.41) is 6.75. The quantitative estimate of drug-likeness (QED) is 0.775. The van der Waals surface area contributed by atoms with E-state index in [-0.39, 0.29) is 13.2 Å². The third kappa shape index (κ3) is 3.24. The fraction of sp³-hybridized carbons (Fsp3) is 0.727. The maximum atomic E-state index is 13.0. The summed E-state index contributed by atoms with van der Waals surface area (Å²) >= 11 is 0. The van der Waals surface area contributed by atoms with Crippen LogP contribution >= 0.6 is 0 Å². The number of carbonyl (C=O) groups excluding carboxylic acids is 1. The number of aryl methyl sites for hydroxylation is 1. The fourth-order valence-electron chi connectivity index (χ4n) is 1.80. The summed E-state index contributed by atoms with van der Waals surface area (Å²) in [5.41, 5.74) is -1.88. The van der Waals surface area contributed by atoms with Crippen molar-refractivity contribution in [3.63, 3.8) is 0 Å². The van der Waals surface area contributed by atoms with Crippen LogP contribution in [0.2, 0.25) is 0 Å². The maximum absolute atomic E-state index is 13.0. The number of aromatic nitrogens is 3. The highest BCUT2D eigenvalue weighted by Crippen LogP contribution is 2.35. The normalized spacial score (nSPS) is 15.6. The molecule has 0 spiro atoms. The van der Waals surface area contributed by atoms with Gasteiger partial charge in [0.15, 0.2) is 5.69 Å². The van der Waals surface area contributed by atoms with Crippen molar-refractivity contribution in [1.82, 2.24) is 15.0 Å². The van der Waals surface area contributed by atoms with E-state index in [0.717, 1.165) is 17.5 Å². The fourth-order valence-corrected chi connectivity index (χ4v) is 1.80. The SMILES string of the molecule is CCOC(=O)c1nnn(CCC2CC2)c1C(F)(F)F. The molecule has 19 heavy (non-hydrogen) atoms. The average molecular weight is 277 g/mol. The van der Waals surface area contributed by atoms with Gasteiger partial charge in [0, 0.05) is 6.54 Å². The van der Waals surface area contributed by atoms with Crippen LogP contribution in [0.3, 0.4) is 0 Å². The molecule has 1 saturated carbocycles. The van der Waals surface area contributed by atoms with Crippen LogP contribution in [0.25, 0.3) is 0 Å². The van der Waals surface area contributed by atoms with Crippen molar-refractivity contribution in [3.05, 3.63) is 11.4 Å². The number of carbonyl (C=O) groups is 1. The number of halogens is 3. The Labute approximate surface area is 107 Å². The van der Waals surface area contributed by atoms with Gasteiger partial charge in [0.2, 0.25) is 5.69 Å². The molecule has 1 aliphatic rings. The summed E-state index contributed by atoms with van der Waals surface area (Å²) in [7, 11) is 0. The highest BCUT2D eigenvalue weighted by atomic mass is 19.4. The molecule has 0 amide bonds. The van der Waals surface area contributed by atoms with Gasteiger partial charge < -0.3 is 4.74 Å². The monoisotopic (exact) mass is 277 g/mol. The minimum Gasteiger partial charge on any atom is -0.461 e. The van der Waals surface area contributed by atoms with Crippen LogP contribution in [-0.4, -0.2) is 27.6 Å². The summed E-state index contributed by atoms with van der Waals surface area (Å²) in [6.45, 7) is 1.62. The molecule has 0 radical (unpaired) electrons. The summed E-state index contributed by atoms with van der Waals surface area (Å²) in [4.78, 5) is 11.4. The maximum Gasteiger partial charge on any atom is 0.435 e. The Morgan fingerprint density at radius 1 is 1.47 bits per heavy atom. The van der Waals surface area contributed by atoms with Gasteiger partial charge in [0.1, 0.15) is 0 Å². The van der Waals surface area contributed by atoms with Crippen molar-refractivity contribution in [2.75, 3.05) is 6.61 Å². The number of hydrogen-bond acceptors (Lipinski definition) is 4. The Morgan fingerprint density at radius 2 is 2.16 bits per heavy atom. The van der Waals surface area contributed by atoms with Gasteiger partial charge in [-0.3, -0.25) is 0 Å². The molecular formula is C11H14F3N3O2. The van der Waals surface area contributed by atoms with Gasteiger partial charge in [0.25, 0.3) is 0 Å². The van der Waals surface area contributed by atoms with Crippen LogP contribution in [0, 0.1) is 5.92 Å². The molecule has 5 nitrogen and oxygen atoms in total. The standard InChI is InChI=1S/C11H14F3N3O2/c1-2-19-10(18)8-9(11(12,13)14)17(16-15-8)6-5-7-3-4-7/h7H,2-6H2,1H3. The number of rotatable bonds is 5. The molecule has 0 atom stereocenters. The van der Waals surface area contributed by atoms with E-state index in [4.69, 9.17) is 0 Å². The first kappa shape index (κ1) is 13.8. The minimum absolute atomic E-state index is 0.00886. The lowest BCUT2D eigenvalue weighted by Crippen LogP contribution is -2.19. The number of esters is 1. The van der Waals surface area contributed by atoms with Crippen LogP contribution < -0.4 is 0 Å². The number of hydrogen-bond donors (Lipinski definition) is 0. The first-order valence-electron chi connectivity index (χ1n) is 6.11. The lowest BCUT2D eigenvalue weighted by Gasteiger charge is -2.10. The zero-order valence-corrected chi connectivity index (χ0v) is 10.4. The zero-order valence-electron chi connectivity index (χ0n) is 10.4. The van der Waals surface area contributed by atoms with Crippen LogP contribution in [0.4, 0.5) is 13.2 Å². The van der Waals surface area contributed by atoms with E-state index in [0.29, 0.717) is 12.3 Å². The molecule has 1 aliphatic carbocycles. The second-order valence-corrected chi connectivity index (χ2v) is 4.46. The first-order valence-corrected chi connectivity index (χ1v) is 6.11. The smallest absolute Gasteiger partial charge is 0.435 e. The van der Waals surface area contributed by atoms with Crippen LogP contribution in [0.15, 0.2) is 0 Å². The highest BCUT2D eigenvalue weighted by molar-refractivity contribution is 5.88. The van der Waals surface area contributed by atoms with E-state index in [1.54, 1.807) is 0 Å². The Hall–Kier alpha value is -1.60. The van der Waals surface area contributed by atoms with Crippen LogP contribution in [0.5, 0.6) is 0 Å². The van der Waals surface area contributed by atoms with Crippen molar-refractivity contribution in [1.29, 1.82) is 0 Å². The summed E-state index contributed by atoms with van der Waals surface area (Å²) < 4.78 is 44.2. The molecule has 8 heteroatoms. The molecule has 0 saturated heterocycles. The summed E-state index contributed by atoms with van der Waals surface area (Å²) in [6.07, 6.45) is -1.97. The van der Waals surface area contributed by atoms with Crippen molar-refractivity contribution in [2.45, 2.75) is 38.9 Å². The lowest BCUT2D eigenvalue weighted by atomic mass is 10.2. The molecule has 0 aliphatic heterocycles. The van der Waals surface area contributed by atoms with Crippen molar-refractivity contribution in [3.8, 4) is 0 Å². The van der Waals surface area contributed by atoms with Gasteiger partial charge in [-0.2, -0.15) is 13.2 Å². The number of ether oxygens (including phenoxy) is 1. The van der Waals surface area contributed by atoms with Gasteiger partial charge in [-0.25, -0.2) is 9.48 Å². The van der Waals surface area contributed by atoms with E-state index in [1.165, 1.54) is 6.92 Å². The largest absolute Gasteiger partial charge is 0.461 e. The van der Waals surface area contributed by atoms with Gasteiger partial charge >= 0.3 is 12.1 Å². The van der Waals surface area contributed by atoms with E-state index >= 15 is 0 Å². The van der Waals surface area contributed by atoms with Gasteiger partial charge in [-0.15, -0.1) is 5.10 Å². The molecule has 1 heterocycles. The summed E-state index contributed by atoms with van der Waals surface area (Å²) in [6, 6.07) is 0. The minimum atomic E-state index is -4.67. The molecule has 1 fully saturated rings. The molecule has 106 valence electrons. The lowest BCUT2D eigenvalue weighted by molar-refractivity contribution is -0.144. The zero-order chi connectivity index (χ0) is 14.0. The molecular weight excluding hydrogens is 263 g/mol. The van der Waals surface area contributed by atoms with Crippen molar-refractivity contribution < 1.29 is 22.7 Å². The molecule has 1 aromatic rings. The van der Waals surface area contributed by atoms with E-state index in [9.17, 15) is 18.0 Å². The predicted octanol–water partition coefficient (Wildman–Crippen LogP) is 2.27. The van der Waals surface area contributed by atoms with Crippen LogP contribution in [-0.2, 0) is 17.5 Å².